The minimum Gasteiger partial charge on any atom is -0.375 e. The largest absolute Gasteiger partial charge is 0.423 e. The van der Waals surface area contributed by atoms with Crippen molar-refractivity contribution in [2.75, 3.05) is 6.54 Å². The zero-order chi connectivity index (χ0) is 18.5. The molecule has 2 atom stereocenters. The first kappa shape index (κ1) is 22.0. The zero-order valence-electron chi connectivity index (χ0n) is 13.7. The van der Waals surface area contributed by atoms with Gasteiger partial charge in [-0.1, -0.05) is 60.7 Å². The van der Waals surface area contributed by atoms with E-state index < -0.39 is 30.3 Å². The minimum atomic E-state index is -4.95. The second-order valence-corrected chi connectivity index (χ2v) is 5.74. The van der Waals surface area contributed by atoms with E-state index in [1.165, 1.54) is 18.2 Å². The number of aliphatic hydroxyl groups is 1. The summed E-state index contributed by atoms with van der Waals surface area (Å²) in [6.07, 6.45) is -4.77. The molecule has 2 aromatic carbocycles. The third-order valence-corrected chi connectivity index (χ3v) is 3.87. The highest BCUT2D eigenvalue weighted by Gasteiger charge is 2.55. The lowest BCUT2D eigenvalue weighted by molar-refractivity contribution is -0.264. The molecule has 2 rings (SSSR count). The number of halogens is 4. The van der Waals surface area contributed by atoms with E-state index in [-0.39, 0.29) is 24.4 Å². The lowest BCUT2D eigenvalue weighted by Crippen LogP contribution is -2.53. The van der Waals surface area contributed by atoms with Crippen LogP contribution in [-0.4, -0.2) is 29.8 Å². The number of carbonyl (C=O) groups excluding carboxylic acids is 1. The summed E-state index contributed by atoms with van der Waals surface area (Å²) in [5.74, 6) is -0.762. The Morgan fingerprint density at radius 3 is 2.04 bits per heavy atom. The second kappa shape index (κ2) is 9.02. The van der Waals surface area contributed by atoms with Crippen molar-refractivity contribution in [3.8, 4) is 0 Å². The van der Waals surface area contributed by atoms with E-state index in [1.807, 2.05) is 0 Å². The number of hydrogen-bond donors (Lipinski definition) is 3. The molecule has 1 unspecified atom stereocenters. The van der Waals surface area contributed by atoms with E-state index in [2.05, 4.69) is 5.32 Å². The second-order valence-electron chi connectivity index (χ2n) is 5.74. The Morgan fingerprint density at radius 2 is 1.54 bits per heavy atom. The third-order valence-electron chi connectivity index (χ3n) is 3.87. The number of nitrogens with two attached hydrogens (primary N) is 1. The van der Waals surface area contributed by atoms with Gasteiger partial charge in [0.2, 0.25) is 11.5 Å². The van der Waals surface area contributed by atoms with Gasteiger partial charge in [0.15, 0.2) is 0 Å². The Labute approximate surface area is 155 Å². The molecule has 8 heteroatoms. The van der Waals surface area contributed by atoms with Gasteiger partial charge in [-0.15, -0.1) is 12.4 Å². The molecular weight excluding hydrogens is 369 g/mol. The van der Waals surface area contributed by atoms with Gasteiger partial charge in [-0.2, -0.15) is 13.2 Å². The molecule has 0 heterocycles. The van der Waals surface area contributed by atoms with Gasteiger partial charge in [0.25, 0.3) is 0 Å². The molecule has 0 saturated heterocycles. The molecule has 0 aromatic heterocycles. The predicted octanol–water partition coefficient (Wildman–Crippen LogP) is 2.54. The van der Waals surface area contributed by atoms with Gasteiger partial charge in [0.05, 0.1) is 12.6 Å². The van der Waals surface area contributed by atoms with Crippen LogP contribution in [0.15, 0.2) is 60.7 Å². The van der Waals surface area contributed by atoms with Gasteiger partial charge < -0.3 is 16.2 Å². The van der Waals surface area contributed by atoms with Gasteiger partial charge in [0.1, 0.15) is 0 Å². The summed E-state index contributed by atoms with van der Waals surface area (Å²) >= 11 is 0. The Morgan fingerprint density at radius 1 is 1.04 bits per heavy atom. The number of rotatable bonds is 6. The van der Waals surface area contributed by atoms with Crippen molar-refractivity contribution < 1.29 is 23.1 Å². The van der Waals surface area contributed by atoms with E-state index in [9.17, 15) is 23.1 Å². The minimum absolute atomic E-state index is 0. The van der Waals surface area contributed by atoms with Crippen LogP contribution in [0.1, 0.15) is 11.1 Å². The van der Waals surface area contributed by atoms with Crippen LogP contribution in [-0.2, 0) is 16.8 Å². The maximum atomic E-state index is 13.4. The Bertz CT molecular complexity index is 699. The predicted molar refractivity (Wildman–Crippen MR) is 94.8 cm³/mol. The van der Waals surface area contributed by atoms with Crippen LogP contribution in [0, 0.1) is 0 Å². The Kier molecular flexibility index (Phi) is 7.62. The number of carbonyl (C=O) groups is 1. The first-order valence-corrected chi connectivity index (χ1v) is 7.66. The Balaban J connectivity index is 0.00000338. The molecular formula is C18H20ClF3N2O2. The summed E-state index contributed by atoms with van der Waals surface area (Å²) in [5.41, 5.74) is 3.01. The van der Waals surface area contributed by atoms with E-state index in [0.717, 1.165) is 17.7 Å². The topological polar surface area (TPSA) is 75.4 Å². The molecule has 0 aliphatic rings. The molecule has 0 saturated carbocycles. The molecule has 4 nitrogen and oxygen atoms in total. The fourth-order valence-electron chi connectivity index (χ4n) is 2.39. The molecule has 1 amide bonds. The van der Waals surface area contributed by atoms with Crippen LogP contribution in [0.3, 0.4) is 0 Å². The maximum Gasteiger partial charge on any atom is 0.423 e. The van der Waals surface area contributed by atoms with E-state index in [0.29, 0.717) is 0 Å². The van der Waals surface area contributed by atoms with Crippen LogP contribution in [0.5, 0.6) is 0 Å². The van der Waals surface area contributed by atoms with Crippen molar-refractivity contribution in [1.29, 1.82) is 0 Å². The average molecular weight is 389 g/mol. The molecule has 0 spiro atoms. The Hall–Kier alpha value is -2.09. The van der Waals surface area contributed by atoms with E-state index >= 15 is 0 Å². The first-order valence-electron chi connectivity index (χ1n) is 7.66. The molecule has 0 aliphatic heterocycles. The lowest BCUT2D eigenvalue weighted by Gasteiger charge is -2.31. The molecule has 26 heavy (non-hydrogen) atoms. The van der Waals surface area contributed by atoms with Crippen molar-refractivity contribution in [2.45, 2.75) is 24.2 Å². The van der Waals surface area contributed by atoms with Crippen LogP contribution < -0.4 is 11.1 Å². The third kappa shape index (κ3) is 5.20. The number of nitrogens with one attached hydrogen (secondary N) is 1. The van der Waals surface area contributed by atoms with Crippen molar-refractivity contribution in [2.24, 2.45) is 5.73 Å². The van der Waals surface area contributed by atoms with Crippen LogP contribution >= 0.6 is 12.4 Å². The number of hydrogen-bond acceptors (Lipinski definition) is 3. The summed E-state index contributed by atoms with van der Waals surface area (Å²) in [7, 11) is 0. The van der Waals surface area contributed by atoms with Gasteiger partial charge >= 0.3 is 6.18 Å². The van der Waals surface area contributed by atoms with Crippen LogP contribution in [0.25, 0.3) is 0 Å². The SMILES string of the molecule is Cl.N[C@@H](Cc1ccccc1)C(=O)NCC(O)(c1ccccc1)C(F)(F)F. The summed E-state index contributed by atoms with van der Waals surface area (Å²) < 4.78 is 40.1. The van der Waals surface area contributed by atoms with Crippen molar-refractivity contribution in [1.82, 2.24) is 5.32 Å². The smallest absolute Gasteiger partial charge is 0.375 e. The van der Waals surface area contributed by atoms with Gasteiger partial charge in [-0.05, 0) is 17.5 Å². The monoisotopic (exact) mass is 388 g/mol. The number of amides is 1. The van der Waals surface area contributed by atoms with Crippen molar-refractivity contribution in [3.63, 3.8) is 0 Å². The van der Waals surface area contributed by atoms with Gasteiger partial charge in [0, 0.05) is 0 Å². The summed E-state index contributed by atoms with van der Waals surface area (Å²) in [5, 5.41) is 12.3. The highest BCUT2D eigenvalue weighted by atomic mass is 35.5. The van der Waals surface area contributed by atoms with Crippen molar-refractivity contribution in [3.05, 3.63) is 71.8 Å². The highest BCUT2D eigenvalue weighted by molar-refractivity contribution is 5.85. The standard InChI is InChI=1S/C18H19F3N2O2.ClH/c19-18(20,21)17(25,14-9-5-2-6-10-14)12-23-16(24)15(22)11-13-7-3-1-4-8-13;/h1-10,15,25H,11-12,22H2,(H,23,24);1H/t15-,17?;/m0./s1. The molecule has 0 radical (unpaired) electrons. The fraction of sp³-hybridized carbons (Fsp3) is 0.278. The summed E-state index contributed by atoms with van der Waals surface area (Å²) in [6, 6.07) is 14.5. The highest BCUT2D eigenvalue weighted by Crippen LogP contribution is 2.38. The molecule has 4 N–H and O–H groups in total. The lowest BCUT2D eigenvalue weighted by atomic mass is 9.92. The summed E-state index contributed by atoms with van der Waals surface area (Å²) in [6.45, 7) is -1.01. The van der Waals surface area contributed by atoms with Gasteiger partial charge in [-0.3, -0.25) is 4.79 Å². The van der Waals surface area contributed by atoms with E-state index in [1.54, 1.807) is 30.3 Å². The average Bonchev–Trinajstić information content (AvgIpc) is 2.60. The molecule has 0 aliphatic carbocycles. The zero-order valence-corrected chi connectivity index (χ0v) is 14.6. The van der Waals surface area contributed by atoms with E-state index in [4.69, 9.17) is 5.73 Å². The van der Waals surface area contributed by atoms with Crippen LogP contribution in [0.4, 0.5) is 13.2 Å². The molecule has 142 valence electrons. The number of alkyl halides is 3. The fourth-order valence-corrected chi connectivity index (χ4v) is 2.39. The van der Waals surface area contributed by atoms with Crippen molar-refractivity contribution >= 4 is 18.3 Å². The number of benzene rings is 2. The maximum absolute atomic E-state index is 13.4. The summed E-state index contributed by atoms with van der Waals surface area (Å²) in [4.78, 5) is 12.0. The molecule has 2 aromatic rings. The molecule has 0 fully saturated rings. The quantitative estimate of drug-likeness (QED) is 0.712. The normalized spacial score (nSPS) is 14.7. The van der Waals surface area contributed by atoms with Gasteiger partial charge in [-0.25, -0.2) is 0 Å². The first-order chi connectivity index (χ1) is 11.7. The molecule has 0 bridgehead atoms. The van der Waals surface area contributed by atoms with Crippen LogP contribution in [0.2, 0.25) is 0 Å².